The van der Waals surface area contributed by atoms with Crippen molar-refractivity contribution in [1.82, 2.24) is 25.5 Å². The summed E-state index contributed by atoms with van der Waals surface area (Å²) in [7, 11) is 0. The molecule has 1 N–H and O–H groups in total. The first-order valence-corrected chi connectivity index (χ1v) is 7.00. The zero-order valence-corrected chi connectivity index (χ0v) is 10.7. The SMILES string of the molecule is c1c(C2CC2)noc1-c1cnnn1C1CCNCC1. The van der Waals surface area contributed by atoms with E-state index in [4.69, 9.17) is 4.52 Å². The Bertz CT molecular complexity index is 565. The summed E-state index contributed by atoms with van der Waals surface area (Å²) >= 11 is 0. The zero-order chi connectivity index (χ0) is 12.7. The molecule has 0 spiro atoms. The predicted molar refractivity (Wildman–Crippen MR) is 68.6 cm³/mol. The molecule has 4 rings (SSSR count). The average molecular weight is 259 g/mol. The van der Waals surface area contributed by atoms with Crippen LogP contribution in [0.25, 0.3) is 11.5 Å². The number of hydrogen-bond donors (Lipinski definition) is 1. The number of aromatic nitrogens is 4. The topological polar surface area (TPSA) is 68.8 Å². The van der Waals surface area contributed by atoms with Crippen molar-refractivity contribution in [1.29, 1.82) is 0 Å². The minimum atomic E-state index is 0.410. The number of nitrogens with one attached hydrogen (secondary N) is 1. The quantitative estimate of drug-likeness (QED) is 0.909. The van der Waals surface area contributed by atoms with Crippen LogP contribution >= 0.6 is 0 Å². The van der Waals surface area contributed by atoms with Gasteiger partial charge < -0.3 is 9.84 Å². The van der Waals surface area contributed by atoms with Gasteiger partial charge in [-0.15, -0.1) is 5.10 Å². The van der Waals surface area contributed by atoms with Gasteiger partial charge in [-0.05, 0) is 38.8 Å². The van der Waals surface area contributed by atoms with Crippen LogP contribution in [0, 0.1) is 0 Å². The summed E-state index contributed by atoms with van der Waals surface area (Å²) in [6.45, 7) is 2.07. The molecule has 2 aromatic heterocycles. The third-order valence-corrected chi connectivity index (χ3v) is 4.01. The normalized spacial score (nSPS) is 20.8. The van der Waals surface area contributed by atoms with Crippen LogP contribution in [0.5, 0.6) is 0 Å². The lowest BCUT2D eigenvalue weighted by Gasteiger charge is -2.23. The van der Waals surface area contributed by atoms with Crippen molar-refractivity contribution >= 4 is 0 Å². The highest BCUT2D eigenvalue weighted by Crippen LogP contribution is 2.40. The fraction of sp³-hybridized carbons (Fsp3) is 0.615. The maximum absolute atomic E-state index is 5.48. The van der Waals surface area contributed by atoms with Crippen LogP contribution in [0.2, 0.25) is 0 Å². The minimum absolute atomic E-state index is 0.410. The van der Waals surface area contributed by atoms with E-state index in [9.17, 15) is 0 Å². The second-order valence-corrected chi connectivity index (χ2v) is 5.44. The maximum atomic E-state index is 5.48. The Balaban J connectivity index is 1.64. The summed E-state index contributed by atoms with van der Waals surface area (Å²) in [5.41, 5.74) is 2.03. The smallest absolute Gasteiger partial charge is 0.186 e. The number of nitrogens with zero attached hydrogens (tertiary/aromatic N) is 4. The molecule has 6 heteroatoms. The molecule has 0 atom stereocenters. The molecule has 3 heterocycles. The fourth-order valence-corrected chi connectivity index (χ4v) is 2.72. The summed E-state index contributed by atoms with van der Waals surface area (Å²) < 4.78 is 7.47. The van der Waals surface area contributed by atoms with Gasteiger partial charge in [-0.3, -0.25) is 0 Å². The Hall–Kier alpha value is -1.69. The summed E-state index contributed by atoms with van der Waals surface area (Å²) in [6, 6.07) is 2.46. The first kappa shape index (κ1) is 11.2. The van der Waals surface area contributed by atoms with Crippen molar-refractivity contribution in [2.24, 2.45) is 0 Å². The van der Waals surface area contributed by atoms with Crippen molar-refractivity contribution in [3.63, 3.8) is 0 Å². The van der Waals surface area contributed by atoms with E-state index in [2.05, 4.69) is 20.8 Å². The fourth-order valence-electron chi connectivity index (χ4n) is 2.72. The van der Waals surface area contributed by atoms with Crippen LogP contribution in [-0.2, 0) is 0 Å². The molecule has 0 aromatic carbocycles. The first-order chi connectivity index (χ1) is 9.42. The molecule has 0 radical (unpaired) electrons. The van der Waals surface area contributed by atoms with E-state index < -0.39 is 0 Å². The van der Waals surface area contributed by atoms with E-state index >= 15 is 0 Å². The molecule has 0 bridgehead atoms. The molecule has 2 aromatic rings. The third kappa shape index (κ3) is 2.06. The molecule has 19 heavy (non-hydrogen) atoms. The van der Waals surface area contributed by atoms with Crippen LogP contribution in [0.4, 0.5) is 0 Å². The Kier molecular flexibility index (Phi) is 2.61. The highest BCUT2D eigenvalue weighted by atomic mass is 16.5. The Labute approximate surface area is 111 Å². The van der Waals surface area contributed by atoms with Gasteiger partial charge in [0, 0.05) is 12.0 Å². The van der Waals surface area contributed by atoms with Gasteiger partial charge in [0.05, 0.1) is 17.9 Å². The highest BCUT2D eigenvalue weighted by molar-refractivity contribution is 5.51. The number of hydrogen-bond acceptors (Lipinski definition) is 5. The zero-order valence-electron chi connectivity index (χ0n) is 10.7. The van der Waals surface area contributed by atoms with E-state index in [1.165, 1.54) is 12.8 Å². The van der Waals surface area contributed by atoms with Gasteiger partial charge in [-0.2, -0.15) is 0 Å². The molecule has 1 saturated heterocycles. The lowest BCUT2D eigenvalue weighted by Crippen LogP contribution is -2.30. The number of piperidine rings is 1. The van der Waals surface area contributed by atoms with Crippen molar-refractivity contribution in [3.05, 3.63) is 18.0 Å². The maximum Gasteiger partial charge on any atom is 0.186 e. The largest absolute Gasteiger partial charge is 0.354 e. The molecular formula is C13H17N5O. The van der Waals surface area contributed by atoms with E-state index in [0.29, 0.717) is 12.0 Å². The van der Waals surface area contributed by atoms with E-state index in [-0.39, 0.29) is 0 Å². The Morgan fingerprint density at radius 3 is 2.84 bits per heavy atom. The molecule has 2 aliphatic rings. The van der Waals surface area contributed by atoms with Gasteiger partial charge in [0.25, 0.3) is 0 Å². The molecule has 100 valence electrons. The average Bonchev–Trinajstić information content (AvgIpc) is 3.02. The molecule has 0 amide bonds. The standard InChI is InChI=1S/C13H17N5O/c1-2-9(1)11-7-13(19-16-11)12-8-15-17-18(12)10-3-5-14-6-4-10/h7-10,14H,1-6H2. The predicted octanol–water partition coefficient (Wildman–Crippen LogP) is 1.73. The Morgan fingerprint density at radius 1 is 1.21 bits per heavy atom. The summed E-state index contributed by atoms with van der Waals surface area (Å²) in [5.74, 6) is 1.41. The van der Waals surface area contributed by atoms with Gasteiger partial charge in [0.2, 0.25) is 0 Å². The monoisotopic (exact) mass is 259 g/mol. The second kappa shape index (κ2) is 4.45. The van der Waals surface area contributed by atoms with Gasteiger partial charge in [-0.1, -0.05) is 10.4 Å². The summed E-state index contributed by atoms with van der Waals surface area (Å²) in [6.07, 6.45) is 6.41. The molecule has 1 saturated carbocycles. The molecule has 1 aliphatic heterocycles. The van der Waals surface area contributed by atoms with Crippen LogP contribution < -0.4 is 5.32 Å². The molecule has 1 aliphatic carbocycles. The van der Waals surface area contributed by atoms with Crippen molar-refractivity contribution in [2.75, 3.05) is 13.1 Å². The van der Waals surface area contributed by atoms with E-state index in [1.807, 2.05) is 10.7 Å². The second-order valence-electron chi connectivity index (χ2n) is 5.44. The highest BCUT2D eigenvalue weighted by Gasteiger charge is 2.28. The van der Waals surface area contributed by atoms with Crippen LogP contribution in [0.15, 0.2) is 16.8 Å². The van der Waals surface area contributed by atoms with Crippen molar-refractivity contribution in [2.45, 2.75) is 37.6 Å². The van der Waals surface area contributed by atoms with E-state index in [0.717, 1.165) is 43.1 Å². The summed E-state index contributed by atoms with van der Waals surface area (Å²) in [4.78, 5) is 0. The van der Waals surface area contributed by atoms with Gasteiger partial charge in [0.15, 0.2) is 5.76 Å². The van der Waals surface area contributed by atoms with Crippen molar-refractivity contribution < 1.29 is 4.52 Å². The molecular weight excluding hydrogens is 242 g/mol. The van der Waals surface area contributed by atoms with Gasteiger partial charge >= 0.3 is 0 Å². The summed E-state index contributed by atoms with van der Waals surface area (Å²) in [5, 5.41) is 15.8. The lowest BCUT2D eigenvalue weighted by atomic mass is 10.1. The van der Waals surface area contributed by atoms with Crippen LogP contribution in [0.3, 0.4) is 0 Å². The van der Waals surface area contributed by atoms with Gasteiger partial charge in [0.1, 0.15) is 5.69 Å². The minimum Gasteiger partial charge on any atom is -0.354 e. The molecule has 6 nitrogen and oxygen atoms in total. The molecule has 0 unspecified atom stereocenters. The third-order valence-electron chi connectivity index (χ3n) is 4.01. The first-order valence-electron chi connectivity index (χ1n) is 7.00. The van der Waals surface area contributed by atoms with E-state index in [1.54, 1.807) is 6.20 Å². The molecule has 2 fully saturated rings. The number of rotatable bonds is 3. The Morgan fingerprint density at radius 2 is 2.05 bits per heavy atom. The lowest BCUT2D eigenvalue weighted by molar-refractivity contribution is 0.335. The van der Waals surface area contributed by atoms with Crippen molar-refractivity contribution in [3.8, 4) is 11.5 Å². The van der Waals surface area contributed by atoms with Gasteiger partial charge in [-0.25, -0.2) is 4.68 Å². The van der Waals surface area contributed by atoms with Crippen LogP contribution in [0.1, 0.15) is 43.3 Å². The van der Waals surface area contributed by atoms with Crippen LogP contribution in [-0.4, -0.2) is 33.2 Å².